The van der Waals surface area contributed by atoms with Crippen LogP contribution in [0.1, 0.15) is 23.0 Å². The smallest absolute Gasteiger partial charge is 0.238 e. The van der Waals surface area contributed by atoms with E-state index in [1.54, 1.807) is 23.1 Å². The number of Topliss-reactive ketones (excluding diaryl/α,β-unsaturated/α-hetero) is 1. The summed E-state index contributed by atoms with van der Waals surface area (Å²) in [5.74, 6) is -0.305. The summed E-state index contributed by atoms with van der Waals surface area (Å²) < 4.78 is 0. The zero-order valence-electron chi connectivity index (χ0n) is 15.7. The van der Waals surface area contributed by atoms with Crippen LogP contribution in [0.25, 0.3) is 10.9 Å². The summed E-state index contributed by atoms with van der Waals surface area (Å²) in [7, 11) is 0. The lowest BCUT2D eigenvalue weighted by atomic mass is 10.1. The number of hydrogen-bond donors (Lipinski definition) is 2. The minimum atomic E-state index is -0.278. The number of carbonyl (C=O) groups is 2. The van der Waals surface area contributed by atoms with Crippen LogP contribution in [-0.2, 0) is 4.79 Å². The molecular formula is C21H21Cl2N3O2. The number of aromatic nitrogens is 1. The maximum absolute atomic E-state index is 12.9. The highest BCUT2D eigenvalue weighted by atomic mass is 35.5. The molecule has 146 valence electrons. The number of hydrogen-bond acceptors (Lipinski definition) is 3. The number of likely N-dealkylation sites (N-methyl/N-ethyl adjacent to an activating group) is 1. The maximum atomic E-state index is 12.9. The number of carbonyl (C=O) groups excluding carboxylic acids is 2. The van der Waals surface area contributed by atoms with Crippen molar-refractivity contribution in [3.8, 4) is 0 Å². The first kappa shape index (κ1) is 20.4. The molecule has 0 aliphatic rings. The predicted octanol–water partition coefficient (Wildman–Crippen LogP) is 4.93. The minimum absolute atomic E-state index is 0.0274. The lowest BCUT2D eigenvalue weighted by Crippen LogP contribution is -2.37. The van der Waals surface area contributed by atoms with Gasteiger partial charge in [-0.1, -0.05) is 54.4 Å². The highest BCUT2D eigenvalue weighted by Crippen LogP contribution is 2.29. The first-order chi connectivity index (χ1) is 13.4. The summed E-state index contributed by atoms with van der Waals surface area (Å²) in [5.41, 5.74) is 2.81. The van der Waals surface area contributed by atoms with Gasteiger partial charge in [0.25, 0.3) is 0 Å². The molecule has 3 rings (SSSR count). The molecule has 5 nitrogen and oxygen atoms in total. The van der Waals surface area contributed by atoms with E-state index in [0.29, 0.717) is 27.8 Å². The first-order valence-electron chi connectivity index (χ1n) is 8.97. The molecule has 28 heavy (non-hydrogen) atoms. The van der Waals surface area contributed by atoms with Crippen LogP contribution in [-0.4, -0.2) is 41.2 Å². The Labute approximate surface area is 173 Å². The Bertz CT molecular complexity index is 1010. The van der Waals surface area contributed by atoms with Crippen LogP contribution < -0.4 is 5.32 Å². The number of halogens is 2. The van der Waals surface area contributed by atoms with Crippen molar-refractivity contribution in [3.63, 3.8) is 0 Å². The molecule has 0 aliphatic heterocycles. The van der Waals surface area contributed by atoms with Gasteiger partial charge in [0.15, 0.2) is 5.78 Å². The fraction of sp³-hybridized carbons (Fsp3) is 0.238. The first-order valence-corrected chi connectivity index (χ1v) is 9.73. The number of aryl methyl sites for hydroxylation is 1. The van der Waals surface area contributed by atoms with Gasteiger partial charge in [0, 0.05) is 22.2 Å². The minimum Gasteiger partial charge on any atom is -0.358 e. The molecule has 0 radical (unpaired) electrons. The Morgan fingerprint density at radius 1 is 1.04 bits per heavy atom. The monoisotopic (exact) mass is 417 g/mol. The van der Waals surface area contributed by atoms with Crippen molar-refractivity contribution in [3.05, 3.63) is 63.8 Å². The van der Waals surface area contributed by atoms with Crippen LogP contribution in [0, 0.1) is 6.92 Å². The molecule has 1 amide bonds. The van der Waals surface area contributed by atoms with E-state index in [4.69, 9.17) is 23.2 Å². The Morgan fingerprint density at radius 3 is 2.39 bits per heavy atom. The van der Waals surface area contributed by atoms with Crippen LogP contribution in [0.5, 0.6) is 0 Å². The number of fused-ring (bicyclic) bond motifs is 1. The highest BCUT2D eigenvalue weighted by molar-refractivity contribution is 6.39. The third-order valence-corrected chi connectivity index (χ3v) is 5.21. The molecule has 1 aromatic heterocycles. The van der Waals surface area contributed by atoms with E-state index in [2.05, 4.69) is 10.3 Å². The van der Waals surface area contributed by atoms with Gasteiger partial charge in [-0.15, -0.1) is 0 Å². The molecule has 0 saturated carbocycles. The standard InChI is InChI=1S/C21H21Cl2N3O2/c1-3-26(12-19(28)25-21-15(22)8-6-9-16(21)23)11-18(27)20-13(2)24-17-10-5-4-7-14(17)20/h4-10,24H,3,11-12H2,1-2H3,(H,25,28). The van der Waals surface area contributed by atoms with Crippen LogP contribution in [0.2, 0.25) is 10.0 Å². The number of anilines is 1. The molecule has 0 bridgehead atoms. The number of aromatic amines is 1. The normalized spacial score (nSPS) is 11.2. The number of rotatable bonds is 7. The lowest BCUT2D eigenvalue weighted by molar-refractivity contribution is -0.117. The zero-order chi connectivity index (χ0) is 20.3. The van der Waals surface area contributed by atoms with Crippen LogP contribution in [0.4, 0.5) is 5.69 Å². The SMILES string of the molecule is CCN(CC(=O)Nc1c(Cl)cccc1Cl)CC(=O)c1c(C)[nH]c2ccccc12. The molecule has 2 aromatic carbocycles. The van der Waals surface area contributed by atoms with Crippen LogP contribution >= 0.6 is 23.2 Å². The molecule has 0 spiro atoms. The summed E-state index contributed by atoms with van der Waals surface area (Å²) in [6.45, 7) is 4.55. The fourth-order valence-corrected chi connectivity index (χ4v) is 3.69. The summed E-state index contributed by atoms with van der Waals surface area (Å²) >= 11 is 12.2. The average Bonchev–Trinajstić information content (AvgIpc) is 3.00. The van der Waals surface area contributed by atoms with Crippen molar-refractivity contribution in [1.82, 2.24) is 9.88 Å². The second kappa shape index (κ2) is 8.78. The third kappa shape index (κ3) is 4.38. The van der Waals surface area contributed by atoms with Gasteiger partial charge in [0.05, 0.1) is 28.8 Å². The number of ketones is 1. The number of H-pyrrole nitrogens is 1. The van der Waals surface area contributed by atoms with E-state index in [9.17, 15) is 9.59 Å². The zero-order valence-corrected chi connectivity index (χ0v) is 17.2. The van der Waals surface area contributed by atoms with E-state index in [0.717, 1.165) is 16.6 Å². The predicted molar refractivity (Wildman–Crippen MR) is 115 cm³/mol. The molecule has 3 aromatic rings. The van der Waals surface area contributed by atoms with Gasteiger partial charge in [-0.25, -0.2) is 0 Å². The van der Waals surface area contributed by atoms with Gasteiger partial charge in [-0.2, -0.15) is 0 Å². The Hall–Kier alpha value is -2.34. The molecule has 1 heterocycles. The van der Waals surface area contributed by atoms with Crippen molar-refractivity contribution >= 4 is 51.5 Å². The average molecular weight is 418 g/mol. The molecule has 0 unspecified atom stereocenters. The molecule has 0 saturated heterocycles. The van der Waals surface area contributed by atoms with Crippen LogP contribution in [0.15, 0.2) is 42.5 Å². The van der Waals surface area contributed by atoms with E-state index >= 15 is 0 Å². The van der Waals surface area contributed by atoms with Crippen molar-refractivity contribution in [2.75, 3.05) is 25.0 Å². The quantitative estimate of drug-likeness (QED) is 0.535. The van der Waals surface area contributed by atoms with E-state index in [1.165, 1.54) is 0 Å². The molecule has 0 atom stereocenters. The maximum Gasteiger partial charge on any atom is 0.238 e. The summed E-state index contributed by atoms with van der Waals surface area (Å²) in [6.07, 6.45) is 0. The fourth-order valence-electron chi connectivity index (χ4n) is 3.20. The van der Waals surface area contributed by atoms with Gasteiger partial charge in [-0.3, -0.25) is 14.5 Å². The van der Waals surface area contributed by atoms with Crippen molar-refractivity contribution < 1.29 is 9.59 Å². The largest absolute Gasteiger partial charge is 0.358 e. The van der Waals surface area contributed by atoms with Crippen LogP contribution in [0.3, 0.4) is 0 Å². The lowest BCUT2D eigenvalue weighted by Gasteiger charge is -2.19. The molecule has 7 heteroatoms. The van der Waals surface area contributed by atoms with Gasteiger partial charge in [0.1, 0.15) is 0 Å². The van der Waals surface area contributed by atoms with E-state index in [-0.39, 0.29) is 24.8 Å². The van der Waals surface area contributed by atoms with Gasteiger partial charge in [0.2, 0.25) is 5.91 Å². The molecule has 2 N–H and O–H groups in total. The van der Waals surface area contributed by atoms with Crippen molar-refractivity contribution in [1.29, 1.82) is 0 Å². The second-order valence-corrected chi connectivity index (χ2v) is 7.36. The van der Waals surface area contributed by atoms with Gasteiger partial charge in [-0.05, 0) is 31.7 Å². The number of amides is 1. The number of para-hydroxylation sites is 2. The number of nitrogens with one attached hydrogen (secondary N) is 2. The second-order valence-electron chi connectivity index (χ2n) is 6.54. The Kier molecular flexibility index (Phi) is 6.39. The summed E-state index contributed by atoms with van der Waals surface area (Å²) in [4.78, 5) is 30.4. The highest BCUT2D eigenvalue weighted by Gasteiger charge is 2.20. The van der Waals surface area contributed by atoms with E-state index < -0.39 is 0 Å². The third-order valence-electron chi connectivity index (χ3n) is 4.58. The summed E-state index contributed by atoms with van der Waals surface area (Å²) in [6, 6.07) is 12.7. The number of nitrogens with zero attached hydrogens (tertiary/aromatic N) is 1. The Morgan fingerprint density at radius 2 is 1.71 bits per heavy atom. The van der Waals surface area contributed by atoms with Crippen molar-refractivity contribution in [2.24, 2.45) is 0 Å². The summed E-state index contributed by atoms with van der Waals surface area (Å²) in [5, 5.41) is 4.37. The van der Waals surface area contributed by atoms with E-state index in [1.807, 2.05) is 38.1 Å². The Balaban J connectivity index is 1.71. The van der Waals surface area contributed by atoms with Crippen molar-refractivity contribution in [2.45, 2.75) is 13.8 Å². The van der Waals surface area contributed by atoms with Gasteiger partial charge < -0.3 is 10.3 Å². The topological polar surface area (TPSA) is 65.2 Å². The molecule has 0 fully saturated rings. The number of benzene rings is 2. The molecular weight excluding hydrogens is 397 g/mol. The molecule has 0 aliphatic carbocycles. The van der Waals surface area contributed by atoms with Gasteiger partial charge >= 0.3 is 0 Å².